The number of hydrogen-bond donors (Lipinski definition) is 4. The molecule has 28 heavy (non-hydrogen) atoms. The molecular weight excluding hydrogens is 354 g/mol. The van der Waals surface area contributed by atoms with E-state index in [-0.39, 0.29) is 23.5 Å². The van der Waals surface area contributed by atoms with E-state index in [0.29, 0.717) is 11.5 Å². The van der Waals surface area contributed by atoms with Gasteiger partial charge in [0.2, 0.25) is 0 Å². The number of aromatic amines is 1. The van der Waals surface area contributed by atoms with Gasteiger partial charge in [-0.2, -0.15) is 0 Å². The first-order chi connectivity index (χ1) is 13.6. The van der Waals surface area contributed by atoms with Gasteiger partial charge in [0.15, 0.2) is 5.82 Å². The monoisotopic (exact) mass is 377 g/mol. The highest BCUT2D eigenvalue weighted by Crippen LogP contribution is 2.28. The summed E-state index contributed by atoms with van der Waals surface area (Å²) in [5.74, 6) is 0.348. The Morgan fingerprint density at radius 1 is 1.25 bits per heavy atom. The number of amides is 1. The van der Waals surface area contributed by atoms with Gasteiger partial charge in [-0.3, -0.25) is 9.78 Å². The number of carbonyl (C=O) groups is 1. The lowest BCUT2D eigenvalue weighted by atomic mass is 10.1. The zero-order chi connectivity index (χ0) is 19.5. The van der Waals surface area contributed by atoms with Gasteiger partial charge in [0.1, 0.15) is 11.5 Å². The number of carbonyl (C=O) groups excluding carboxylic acids is 1. The lowest BCUT2D eigenvalue weighted by Gasteiger charge is -2.33. The van der Waals surface area contributed by atoms with E-state index in [4.69, 9.17) is 11.5 Å². The third-order valence-electron chi connectivity index (χ3n) is 4.85. The van der Waals surface area contributed by atoms with E-state index in [1.54, 1.807) is 12.4 Å². The Kier molecular flexibility index (Phi) is 4.94. The van der Waals surface area contributed by atoms with Gasteiger partial charge in [0.25, 0.3) is 5.91 Å². The van der Waals surface area contributed by atoms with E-state index in [2.05, 4.69) is 25.2 Å². The lowest BCUT2D eigenvalue weighted by molar-refractivity contribution is 0.102. The van der Waals surface area contributed by atoms with Crippen LogP contribution in [0.3, 0.4) is 0 Å². The number of nitrogens with zero attached hydrogens (tertiary/aromatic N) is 3. The Labute approximate surface area is 163 Å². The molecule has 1 aliphatic rings. The molecular formula is C20H23N7O. The average Bonchev–Trinajstić information content (AvgIpc) is 3.11. The first kappa shape index (κ1) is 18.0. The van der Waals surface area contributed by atoms with Crippen molar-refractivity contribution in [3.8, 4) is 11.4 Å². The highest BCUT2D eigenvalue weighted by atomic mass is 16.2. The van der Waals surface area contributed by atoms with Gasteiger partial charge in [0, 0.05) is 30.9 Å². The summed E-state index contributed by atoms with van der Waals surface area (Å²) in [6.45, 7) is 1.64. The van der Waals surface area contributed by atoms with Crippen molar-refractivity contribution in [1.82, 2.24) is 15.0 Å². The number of nitrogens with two attached hydrogens (primary N) is 2. The molecule has 0 saturated carbocycles. The smallest absolute Gasteiger partial charge is 0.276 e. The van der Waals surface area contributed by atoms with E-state index in [0.717, 1.165) is 37.2 Å². The van der Waals surface area contributed by atoms with Crippen LogP contribution in [0.25, 0.3) is 11.4 Å². The molecule has 144 valence electrons. The van der Waals surface area contributed by atoms with Crippen molar-refractivity contribution >= 4 is 23.1 Å². The Morgan fingerprint density at radius 3 is 2.86 bits per heavy atom. The SMILES string of the molecule is Nc1nc(-c2ccccc2)[nH]c1C(=O)Nc1cnccc1N1CCCC(N)C1. The molecule has 2 aromatic heterocycles. The van der Waals surface area contributed by atoms with Crippen LogP contribution in [-0.2, 0) is 0 Å². The molecule has 1 atom stereocenters. The molecule has 8 nitrogen and oxygen atoms in total. The van der Waals surface area contributed by atoms with Crippen molar-refractivity contribution in [2.75, 3.05) is 29.0 Å². The van der Waals surface area contributed by atoms with Gasteiger partial charge in [-0.05, 0) is 18.9 Å². The number of pyridine rings is 1. The van der Waals surface area contributed by atoms with Crippen molar-refractivity contribution < 1.29 is 4.79 Å². The summed E-state index contributed by atoms with van der Waals surface area (Å²) < 4.78 is 0. The number of imidazole rings is 1. The van der Waals surface area contributed by atoms with Crippen molar-refractivity contribution in [3.05, 3.63) is 54.5 Å². The zero-order valence-corrected chi connectivity index (χ0v) is 15.4. The Bertz CT molecular complexity index is 970. The van der Waals surface area contributed by atoms with Gasteiger partial charge in [-0.1, -0.05) is 30.3 Å². The Hall–Kier alpha value is -3.39. The first-order valence-electron chi connectivity index (χ1n) is 9.28. The molecule has 3 heterocycles. The number of benzene rings is 1. The molecule has 8 heteroatoms. The summed E-state index contributed by atoms with van der Waals surface area (Å²) in [5, 5.41) is 2.91. The summed E-state index contributed by atoms with van der Waals surface area (Å²) in [6, 6.07) is 11.5. The summed E-state index contributed by atoms with van der Waals surface area (Å²) in [4.78, 5) is 26.5. The standard InChI is InChI=1S/C20H23N7O/c21-14-7-4-10-27(12-14)16-8-9-23-11-15(16)24-20(28)17-18(22)26-19(25-17)13-5-2-1-3-6-13/h1-3,5-6,8-9,11,14H,4,7,10,12,21-22H2,(H,24,28)(H,25,26). The van der Waals surface area contributed by atoms with E-state index in [9.17, 15) is 4.79 Å². The van der Waals surface area contributed by atoms with Crippen LogP contribution < -0.4 is 21.7 Å². The Morgan fingerprint density at radius 2 is 2.07 bits per heavy atom. The molecule has 0 radical (unpaired) electrons. The predicted octanol–water partition coefficient (Wildman–Crippen LogP) is 2.23. The maximum atomic E-state index is 12.8. The van der Waals surface area contributed by atoms with Crippen molar-refractivity contribution in [1.29, 1.82) is 0 Å². The molecule has 1 aromatic carbocycles. The zero-order valence-electron chi connectivity index (χ0n) is 15.4. The molecule has 1 fully saturated rings. The minimum Gasteiger partial charge on any atom is -0.382 e. The second-order valence-electron chi connectivity index (χ2n) is 6.91. The summed E-state index contributed by atoms with van der Waals surface area (Å²) in [6.07, 6.45) is 5.38. The molecule has 1 amide bonds. The van der Waals surface area contributed by atoms with Crippen molar-refractivity contribution in [2.24, 2.45) is 5.73 Å². The minimum absolute atomic E-state index is 0.127. The number of nitrogens with one attached hydrogen (secondary N) is 2. The maximum Gasteiger partial charge on any atom is 0.276 e. The molecule has 1 aliphatic heterocycles. The van der Waals surface area contributed by atoms with Crippen LogP contribution in [0.5, 0.6) is 0 Å². The maximum absolute atomic E-state index is 12.8. The topological polar surface area (TPSA) is 126 Å². The van der Waals surface area contributed by atoms with Crippen LogP contribution in [0.4, 0.5) is 17.2 Å². The molecule has 0 spiro atoms. The van der Waals surface area contributed by atoms with Gasteiger partial charge in [0.05, 0.1) is 17.6 Å². The number of H-pyrrole nitrogens is 1. The quantitative estimate of drug-likeness (QED) is 0.552. The van der Waals surface area contributed by atoms with Crippen LogP contribution in [0, 0.1) is 0 Å². The number of anilines is 3. The van der Waals surface area contributed by atoms with Crippen LogP contribution in [0.1, 0.15) is 23.3 Å². The highest BCUT2D eigenvalue weighted by molar-refractivity contribution is 6.07. The molecule has 1 saturated heterocycles. The largest absolute Gasteiger partial charge is 0.382 e. The second kappa shape index (κ2) is 7.69. The van der Waals surface area contributed by atoms with Crippen molar-refractivity contribution in [2.45, 2.75) is 18.9 Å². The first-order valence-corrected chi connectivity index (χ1v) is 9.28. The van der Waals surface area contributed by atoms with Gasteiger partial charge < -0.3 is 26.7 Å². The predicted molar refractivity (Wildman–Crippen MR) is 110 cm³/mol. The number of nitrogen functional groups attached to an aromatic ring is 1. The molecule has 3 aromatic rings. The molecule has 0 bridgehead atoms. The number of rotatable bonds is 4. The van der Waals surface area contributed by atoms with Gasteiger partial charge >= 0.3 is 0 Å². The third-order valence-corrected chi connectivity index (χ3v) is 4.85. The number of hydrogen-bond acceptors (Lipinski definition) is 6. The van der Waals surface area contributed by atoms with Crippen LogP contribution >= 0.6 is 0 Å². The molecule has 6 N–H and O–H groups in total. The van der Waals surface area contributed by atoms with Gasteiger partial charge in [-0.15, -0.1) is 0 Å². The molecule has 0 aliphatic carbocycles. The van der Waals surface area contributed by atoms with Crippen LogP contribution in [-0.4, -0.2) is 40.0 Å². The summed E-state index contributed by atoms with van der Waals surface area (Å²) in [7, 11) is 0. The van der Waals surface area contributed by atoms with E-state index < -0.39 is 0 Å². The summed E-state index contributed by atoms with van der Waals surface area (Å²) >= 11 is 0. The molecule has 4 rings (SSSR count). The second-order valence-corrected chi connectivity index (χ2v) is 6.91. The third kappa shape index (κ3) is 3.67. The minimum atomic E-state index is -0.359. The van der Waals surface area contributed by atoms with Gasteiger partial charge in [-0.25, -0.2) is 4.98 Å². The highest BCUT2D eigenvalue weighted by Gasteiger charge is 2.22. The van der Waals surface area contributed by atoms with E-state index in [1.165, 1.54) is 0 Å². The summed E-state index contributed by atoms with van der Waals surface area (Å²) in [5.41, 5.74) is 14.7. The normalized spacial score (nSPS) is 16.8. The van der Waals surface area contributed by atoms with E-state index in [1.807, 2.05) is 36.4 Å². The fourth-order valence-electron chi connectivity index (χ4n) is 3.47. The average molecular weight is 377 g/mol. The van der Waals surface area contributed by atoms with Crippen LogP contribution in [0.2, 0.25) is 0 Å². The molecule has 1 unspecified atom stereocenters. The van der Waals surface area contributed by atoms with E-state index >= 15 is 0 Å². The number of aromatic nitrogens is 3. The fraction of sp³-hybridized carbons (Fsp3) is 0.250. The van der Waals surface area contributed by atoms with Crippen molar-refractivity contribution in [3.63, 3.8) is 0 Å². The Balaban J connectivity index is 1.57. The van der Waals surface area contributed by atoms with Crippen LogP contribution in [0.15, 0.2) is 48.8 Å². The fourth-order valence-corrected chi connectivity index (χ4v) is 3.47. The lowest BCUT2D eigenvalue weighted by Crippen LogP contribution is -2.43. The number of piperidine rings is 1.